The number of aryl methyl sites for hydroxylation is 1. The molecule has 1 heterocycles. The van der Waals surface area contributed by atoms with Crippen LogP contribution in [0.2, 0.25) is 0 Å². The van der Waals surface area contributed by atoms with Gasteiger partial charge in [-0.15, -0.1) is 0 Å². The number of rotatable bonds is 6. The number of nitrogens with one attached hydrogen (secondary N) is 1. The van der Waals surface area contributed by atoms with Crippen molar-refractivity contribution < 1.29 is 0 Å². The van der Waals surface area contributed by atoms with Crippen LogP contribution in [0.15, 0.2) is 36.5 Å². The summed E-state index contributed by atoms with van der Waals surface area (Å²) >= 11 is 0. The van der Waals surface area contributed by atoms with Gasteiger partial charge in [-0.1, -0.05) is 38.1 Å². The van der Waals surface area contributed by atoms with Crippen LogP contribution in [0, 0.1) is 0 Å². The maximum Gasteiger partial charge on any atom is 0.128 e. The van der Waals surface area contributed by atoms with E-state index in [0.717, 1.165) is 36.5 Å². The lowest BCUT2D eigenvalue weighted by atomic mass is 10.0. The Bertz CT molecular complexity index is 532. The fourth-order valence-electron chi connectivity index (χ4n) is 2.14. The average molecular weight is 269 g/mol. The zero-order valence-electron chi connectivity index (χ0n) is 12.6. The maximum atomic E-state index is 4.65. The molecule has 1 aromatic heterocycles. The van der Waals surface area contributed by atoms with Gasteiger partial charge >= 0.3 is 0 Å². The van der Waals surface area contributed by atoms with Crippen molar-refractivity contribution >= 4 is 0 Å². The van der Waals surface area contributed by atoms with E-state index in [4.69, 9.17) is 0 Å². The molecule has 106 valence electrons. The third-order valence-corrected chi connectivity index (χ3v) is 3.41. The molecule has 2 aromatic rings. The first-order chi connectivity index (χ1) is 9.70. The van der Waals surface area contributed by atoms with Crippen LogP contribution in [0.1, 0.15) is 37.6 Å². The van der Waals surface area contributed by atoms with Crippen LogP contribution in [0.3, 0.4) is 0 Å². The Morgan fingerprint density at radius 2 is 1.85 bits per heavy atom. The summed E-state index contributed by atoms with van der Waals surface area (Å²) in [5, 5.41) is 3.15. The fourth-order valence-corrected chi connectivity index (χ4v) is 2.14. The van der Waals surface area contributed by atoms with Crippen molar-refractivity contribution in [2.75, 3.05) is 13.6 Å². The molecule has 0 saturated heterocycles. The summed E-state index contributed by atoms with van der Waals surface area (Å²) < 4.78 is 0. The van der Waals surface area contributed by atoms with E-state index >= 15 is 0 Å². The van der Waals surface area contributed by atoms with Crippen molar-refractivity contribution in [1.29, 1.82) is 0 Å². The Labute approximate surface area is 121 Å². The van der Waals surface area contributed by atoms with Gasteiger partial charge in [-0.05, 0) is 37.6 Å². The molecule has 0 unspecified atom stereocenters. The van der Waals surface area contributed by atoms with E-state index in [9.17, 15) is 0 Å². The van der Waals surface area contributed by atoms with Crippen molar-refractivity contribution in [3.05, 3.63) is 47.9 Å². The van der Waals surface area contributed by atoms with Crippen LogP contribution < -0.4 is 5.32 Å². The highest BCUT2D eigenvalue weighted by atomic mass is 14.9. The third-order valence-electron chi connectivity index (χ3n) is 3.41. The van der Waals surface area contributed by atoms with Gasteiger partial charge in [0, 0.05) is 18.2 Å². The number of nitrogens with zero attached hydrogens (tertiary/aromatic N) is 2. The van der Waals surface area contributed by atoms with Crippen LogP contribution in [-0.4, -0.2) is 23.6 Å². The van der Waals surface area contributed by atoms with E-state index in [-0.39, 0.29) is 0 Å². The lowest BCUT2D eigenvalue weighted by Crippen LogP contribution is -2.09. The fraction of sp³-hybridized carbons (Fsp3) is 0.412. The summed E-state index contributed by atoms with van der Waals surface area (Å²) in [6.07, 6.45) is 3.83. The smallest absolute Gasteiger partial charge is 0.128 e. The molecule has 0 aliphatic heterocycles. The predicted molar refractivity (Wildman–Crippen MR) is 83.8 cm³/mol. The first-order valence-electron chi connectivity index (χ1n) is 7.27. The standard InChI is InChI=1S/C17H23N3/c1-13(2)14-6-8-15(9-7-14)16-10-12-19-17(20-16)5-4-11-18-3/h6-10,12-13,18H,4-5,11H2,1-3H3. The Morgan fingerprint density at radius 3 is 2.50 bits per heavy atom. The SMILES string of the molecule is CNCCCc1nccc(-c2ccc(C(C)C)cc2)n1. The van der Waals surface area contributed by atoms with E-state index in [0.29, 0.717) is 5.92 Å². The normalized spacial score (nSPS) is 11.0. The molecule has 0 spiro atoms. The van der Waals surface area contributed by atoms with Crippen LogP contribution in [0.5, 0.6) is 0 Å². The number of benzene rings is 1. The minimum Gasteiger partial charge on any atom is -0.320 e. The summed E-state index contributed by atoms with van der Waals surface area (Å²) in [7, 11) is 1.97. The highest BCUT2D eigenvalue weighted by Crippen LogP contribution is 2.21. The summed E-state index contributed by atoms with van der Waals surface area (Å²) in [5.41, 5.74) is 3.53. The molecular weight excluding hydrogens is 246 g/mol. The molecule has 0 fully saturated rings. The van der Waals surface area contributed by atoms with E-state index in [1.54, 1.807) is 0 Å². The third kappa shape index (κ3) is 3.87. The van der Waals surface area contributed by atoms with Gasteiger partial charge in [0.05, 0.1) is 5.69 Å². The largest absolute Gasteiger partial charge is 0.320 e. The first-order valence-corrected chi connectivity index (χ1v) is 7.27. The van der Waals surface area contributed by atoms with Crippen molar-refractivity contribution in [3.63, 3.8) is 0 Å². The van der Waals surface area contributed by atoms with E-state index < -0.39 is 0 Å². The maximum absolute atomic E-state index is 4.65. The van der Waals surface area contributed by atoms with Crippen LogP contribution in [0.4, 0.5) is 0 Å². The van der Waals surface area contributed by atoms with Crippen LogP contribution >= 0.6 is 0 Å². The molecule has 0 aliphatic rings. The van der Waals surface area contributed by atoms with Gasteiger partial charge in [0.1, 0.15) is 5.82 Å². The van der Waals surface area contributed by atoms with E-state index in [1.165, 1.54) is 5.56 Å². The minimum atomic E-state index is 0.562. The summed E-state index contributed by atoms with van der Waals surface area (Å²) in [6, 6.07) is 10.6. The van der Waals surface area contributed by atoms with Gasteiger partial charge in [0.2, 0.25) is 0 Å². The van der Waals surface area contributed by atoms with E-state index in [2.05, 4.69) is 53.4 Å². The quantitative estimate of drug-likeness (QED) is 0.817. The Balaban J connectivity index is 2.13. The molecular formula is C17H23N3. The van der Waals surface area contributed by atoms with Gasteiger partial charge in [-0.2, -0.15) is 0 Å². The van der Waals surface area contributed by atoms with E-state index in [1.807, 2.05) is 19.3 Å². The number of aromatic nitrogens is 2. The van der Waals surface area contributed by atoms with Crippen molar-refractivity contribution in [3.8, 4) is 11.3 Å². The molecule has 0 aliphatic carbocycles. The monoisotopic (exact) mass is 269 g/mol. The zero-order valence-corrected chi connectivity index (χ0v) is 12.6. The van der Waals surface area contributed by atoms with Crippen LogP contribution in [0.25, 0.3) is 11.3 Å². The molecule has 0 atom stereocenters. The van der Waals surface area contributed by atoms with Gasteiger partial charge < -0.3 is 5.32 Å². The van der Waals surface area contributed by atoms with Gasteiger partial charge in [0.15, 0.2) is 0 Å². The highest BCUT2D eigenvalue weighted by Gasteiger charge is 2.04. The molecule has 0 bridgehead atoms. The second kappa shape index (κ2) is 7.15. The topological polar surface area (TPSA) is 37.8 Å². The van der Waals surface area contributed by atoms with Crippen LogP contribution in [-0.2, 0) is 6.42 Å². The number of hydrogen-bond acceptors (Lipinski definition) is 3. The molecule has 1 aromatic carbocycles. The second-order valence-electron chi connectivity index (χ2n) is 5.34. The minimum absolute atomic E-state index is 0.562. The van der Waals surface area contributed by atoms with Crippen molar-refractivity contribution in [1.82, 2.24) is 15.3 Å². The Morgan fingerprint density at radius 1 is 1.10 bits per heavy atom. The summed E-state index contributed by atoms with van der Waals surface area (Å²) in [4.78, 5) is 8.99. The Hall–Kier alpha value is -1.74. The molecule has 0 radical (unpaired) electrons. The number of hydrogen-bond donors (Lipinski definition) is 1. The summed E-state index contributed by atoms with van der Waals surface area (Å²) in [5.74, 6) is 1.48. The molecule has 0 saturated carbocycles. The van der Waals surface area contributed by atoms with Gasteiger partial charge in [0.25, 0.3) is 0 Å². The first kappa shape index (κ1) is 14.7. The highest BCUT2D eigenvalue weighted by molar-refractivity contribution is 5.59. The average Bonchev–Trinajstić information content (AvgIpc) is 2.48. The molecule has 1 N–H and O–H groups in total. The zero-order chi connectivity index (χ0) is 14.4. The van der Waals surface area contributed by atoms with Crippen molar-refractivity contribution in [2.24, 2.45) is 0 Å². The predicted octanol–water partition coefficient (Wildman–Crippen LogP) is 3.42. The second-order valence-corrected chi connectivity index (χ2v) is 5.34. The molecule has 2 rings (SSSR count). The molecule has 3 heteroatoms. The molecule has 3 nitrogen and oxygen atoms in total. The van der Waals surface area contributed by atoms with Gasteiger partial charge in [-0.25, -0.2) is 9.97 Å². The summed E-state index contributed by atoms with van der Waals surface area (Å²) in [6.45, 7) is 5.41. The Kier molecular flexibility index (Phi) is 5.24. The van der Waals surface area contributed by atoms with Crippen molar-refractivity contribution in [2.45, 2.75) is 32.6 Å². The molecule has 20 heavy (non-hydrogen) atoms. The lowest BCUT2D eigenvalue weighted by molar-refractivity contribution is 0.703. The lowest BCUT2D eigenvalue weighted by Gasteiger charge is -2.07. The van der Waals surface area contributed by atoms with Gasteiger partial charge in [-0.3, -0.25) is 0 Å². The molecule has 0 amide bonds.